The van der Waals surface area contributed by atoms with Crippen molar-refractivity contribution in [3.05, 3.63) is 60.7 Å². The SMILES string of the molecule is CC(C)CNC(=O)N1CCCN(C(=O)N(c2ccccc2)c2ccccc2)CC1. The molecule has 154 valence electrons. The summed E-state index contributed by atoms with van der Waals surface area (Å²) in [6.07, 6.45) is 0.762. The fraction of sp³-hybridized carbons (Fsp3) is 0.391. The first-order chi connectivity index (χ1) is 14.1. The highest BCUT2D eigenvalue weighted by molar-refractivity contribution is 5.99. The maximum atomic E-state index is 13.5. The Kier molecular flexibility index (Phi) is 7.11. The van der Waals surface area contributed by atoms with Crippen LogP contribution in [0.3, 0.4) is 0 Å². The van der Waals surface area contributed by atoms with Crippen molar-refractivity contribution in [3.63, 3.8) is 0 Å². The molecule has 3 rings (SSSR count). The second-order valence-electron chi connectivity index (χ2n) is 7.70. The van der Waals surface area contributed by atoms with Gasteiger partial charge in [-0.3, -0.25) is 4.90 Å². The van der Waals surface area contributed by atoms with Crippen molar-refractivity contribution >= 4 is 23.4 Å². The van der Waals surface area contributed by atoms with E-state index in [0.717, 1.165) is 17.8 Å². The number of hydrogen-bond acceptors (Lipinski definition) is 2. The largest absolute Gasteiger partial charge is 0.338 e. The van der Waals surface area contributed by atoms with Gasteiger partial charge in [-0.25, -0.2) is 9.59 Å². The lowest BCUT2D eigenvalue weighted by Gasteiger charge is -2.30. The van der Waals surface area contributed by atoms with E-state index in [1.807, 2.05) is 70.5 Å². The highest BCUT2D eigenvalue weighted by atomic mass is 16.2. The van der Waals surface area contributed by atoms with E-state index < -0.39 is 0 Å². The van der Waals surface area contributed by atoms with Crippen LogP contribution < -0.4 is 10.2 Å². The quantitative estimate of drug-likeness (QED) is 0.840. The minimum atomic E-state index is -0.0631. The summed E-state index contributed by atoms with van der Waals surface area (Å²) in [5.41, 5.74) is 1.67. The van der Waals surface area contributed by atoms with Gasteiger partial charge in [0.25, 0.3) is 0 Å². The molecule has 0 aliphatic carbocycles. The van der Waals surface area contributed by atoms with Crippen molar-refractivity contribution in [1.82, 2.24) is 15.1 Å². The number of hydrogen-bond donors (Lipinski definition) is 1. The Morgan fingerprint density at radius 3 is 1.93 bits per heavy atom. The van der Waals surface area contributed by atoms with Gasteiger partial charge in [-0.05, 0) is 36.6 Å². The van der Waals surface area contributed by atoms with E-state index >= 15 is 0 Å². The number of nitrogens with one attached hydrogen (secondary N) is 1. The average molecular weight is 395 g/mol. The van der Waals surface area contributed by atoms with Crippen molar-refractivity contribution in [2.24, 2.45) is 5.92 Å². The number of nitrogens with zero attached hydrogens (tertiary/aromatic N) is 3. The molecular formula is C23H30N4O2. The van der Waals surface area contributed by atoms with Crippen LogP contribution in [0.15, 0.2) is 60.7 Å². The zero-order chi connectivity index (χ0) is 20.6. The van der Waals surface area contributed by atoms with Gasteiger partial charge >= 0.3 is 12.1 Å². The number of carbonyl (C=O) groups is 2. The zero-order valence-electron chi connectivity index (χ0n) is 17.3. The van der Waals surface area contributed by atoms with Gasteiger partial charge in [-0.15, -0.1) is 0 Å². The van der Waals surface area contributed by atoms with Gasteiger partial charge in [0.1, 0.15) is 0 Å². The Labute approximate surface area is 173 Å². The van der Waals surface area contributed by atoms with E-state index in [1.54, 1.807) is 4.90 Å². The Bertz CT molecular complexity index is 756. The predicted octanol–water partition coefficient (Wildman–Crippen LogP) is 4.32. The summed E-state index contributed by atoms with van der Waals surface area (Å²) in [7, 11) is 0. The van der Waals surface area contributed by atoms with Crippen LogP contribution in [-0.2, 0) is 0 Å². The third kappa shape index (κ3) is 5.50. The summed E-state index contributed by atoms with van der Waals surface area (Å²) < 4.78 is 0. The van der Waals surface area contributed by atoms with E-state index in [0.29, 0.717) is 38.6 Å². The van der Waals surface area contributed by atoms with Crippen molar-refractivity contribution in [3.8, 4) is 0 Å². The lowest BCUT2D eigenvalue weighted by Crippen LogP contribution is -2.45. The second-order valence-corrected chi connectivity index (χ2v) is 7.70. The van der Waals surface area contributed by atoms with Gasteiger partial charge in [-0.1, -0.05) is 50.2 Å². The second kappa shape index (κ2) is 9.96. The number of rotatable bonds is 4. The van der Waals surface area contributed by atoms with Crippen LogP contribution in [0, 0.1) is 5.92 Å². The standard InChI is InChI=1S/C23H30N4O2/c1-19(2)18-24-22(28)25-14-9-15-26(17-16-25)23(29)27(20-10-5-3-6-11-20)21-12-7-4-8-13-21/h3-8,10-13,19H,9,14-18H2,1-2H3,(H,24,28). The van der Waals surface area contributed by atoms with Crippen LogP contribution in [0.5, 0.6) is 0 Å². The van der Waals surface area contributed by atoms with E-state index in [1.165, 1.54) is 0 Å². The molecule has 0 saturated carbocycles. The minimum Gasteiger partial charge on any atom is -0.338 e. The molecule has 0 spiro atoms. The summed E-state index contributed by atoms with van der Waals surface area (Å²) >= 11 is 0. The normalized spacial score (nSPS) is 14.4. The fourth-order valence-electron chi connectivity index (χ4n) is 3.38. The average Bonchev–Trinajstić information content (AvgIpc) is 3.00. The summed E-state index contributed by atoms with van der Waals surface area (Å²) in [6, 6.07) is 19.3. The van der Waals surface area contributed by atoms with E-state index in [4.69, 9.17) is 0 Å². The number of urea groups is 2. The molecule has 0 atom stereocenters. The molecule has 1 fully saturated rings. The van der Waals surface area contributed by atoms with Crippen molar-refractivity contribution < 1.29 is 9.59 Å². The maximum absolute atomic E-state index is 13.5. The molecule has 0 radical (unpaired) electrons. The molecule has 0 unspecified atom stereocenters. The van der Waals surface area contributed by atoms with Crippen LogP contribution in [0.25, 0.3) is 0 Å². The van der Waals surface area contributed by atoms with Crippen LogP contribution in [-0.4, -0.2) is 54.6 Å². The Morgan fingerprint density at radius 1 is 0.862 bits per heavy atom. The zero-order valence-corrected chi connectivity index (χ0v) is 17.3. The smallest absolute Gasteiger partial charge is 0.329 e. The predicted molar refractivity (Wildman–Crippen MR) is 116 cm³/mol. The summed E-state index contributed by atoms with van der Waals surface area (Å²) in [5, 5.41) is 2.97. The molecule has 0 bridgehead atoms. The first-order valence-electron chi connectivity index (χ1n) is 10.3. The molecule has 0 aromatic heterocycles. The fourth-order valence-corrected chi connectivity index (χ4v) is 3.38. The van der Waals surface area contributed by atoms with Gasteiger partial charge in [0.05, 0.1) is 11.4 Å². The third-order valence-corrected chi connectivity index (χ3v) is 4.94. The van der Waals surface area contributed by atoms with Gasteiger partial charge in [-0.2, -0.15) is 0 Å². The van der Waals surface area contributed by atoms with Crippen molar-refractivity contribution in [1.29, 1.82) is 0 Å². The molecule has 6 heteroatoms. The molecule has 1 heterocycles. The van der Waals surface area contributed by atoms with Gasteiger partial charge in [0, 0.05) is 32.7 Å². The number of benzene rings is 2. The van der Waals surface area contributed by atoms with E-state index in [2.05, 4.69) is 19.2 Å². The molecule has 2 aromatic rings. The highest BCUT2D eigenvalue weighted by Gasteiger charge is 2.27. The molecule has 1 saturated heterocycles. The molecule has 2 aromatic carbocycles. The highest BCUT2D eigenvalue weighted by Crippen LogP contribution is 2.26. The van der Waals surface area contributed by atoms with Crippen LogP contribution in [0.2, 0.25) is 0 Å². The van der Waals surface area contributed by atoms with Gasteiger partial charge < -0.3 is 15.1 Å². The summed E-state index contributed by atoms with van der Waals surface area (Å²) in [4.78, 5) is 31.3. The van der Waals surface area contributed by atoms with E-state index in [-0.39, 0.29) is 12.1 Å². The Morgan fingerprint density at radius 2 is 1.38 bits per heavy atom. The molecule has 1 aliphatic rings. The van der Waals surface area contributed by atoms with Crippen LogP contribution in [0.4, 0.5) is 21.0 Å². The number of anilines is 2. The number of para-hydroxylation sites is 2. The first kappa shape index (κ1) is 20.7. The first-order valence-corrected chi connectivity index (χ1v) is 10.3. The van der Waals surface area contributed by atoms with Crippen molar-refractivity contribution in [2.75, 3.05) is 37.6 Å². The minimum absolute atomic E-state index is 0.0454. The lowest BCUT2D eigenvalue weighted by atomic mass is 10.2. The molecule has 29 heavy (non-hydrogen) atoms. The van der Waals surface area contributed by atoms with Crippen molar-refractivity contribution in [2.45, 2.75) is 20.3 Å². The topological polar surface area (TPSA) is 55.9 Å². The van der Waals surface area contributed by atoms with Crippen LogP contribution in [0.1, 0.15) is 20.3 Å². The van der Waals surface area contributed by atoms with Crippen LogP contribution >= 0.6 is 0 Å². The molecule has 1 N–H and O–H groups in total. The third-order valence-electron chi connectivity index (χ3n) is 4.94. The molecule has 4 amide bonds. The molecule has 6 nitrogen and oxygen atoms in total. The molecule has 1 aliphatic heterocycles. The lowest BCUT2D eigenvalue weighted by molar-refractivity contribution is 0.194. The maximum Gasteiger partial charge on any atom is 0.329 e. The molecular weight excluding hydrogens is 364 g/mol. The van der Waals surface area contributed by atoms with Gasteiger partial charge in [0.2, 0.25) is 0 Å². The summed E-state index contributed by atoms with van der Waals surface area (Å²) in [5.74, 6) is 0.411. The summed E-state index contributed by atoms with van der Waals surface area (Å²) in [6.45, 7) is 7.15. The van der Waals surface area contributed by atoms with Gasteiger partial charge in [0.15, 0.2) is 0 Å². The number of carbonyl (C=O) groups excluding carboxylic acids is 2. The Balaban J connectivity index is 1.73. The monoisotopic (exact) mass is 394 g/mol. The Hall–Kier alpha value is -3.02. The number of amides is 4. The van der Waals surface area contributed by atoms with E-state index in [9.17, 15) is 9.59 Å².